The zero-order valence-corrected chi connectivity index (χ0v) is 14.0. The Balaban J connectivity index is 1.98. The van der Waals surface area contributed by atoms with E-state index in [9.17, 15) is 9.46 Å². The minimum absolute atomic E-state index is 0.163. The molecule has 0 aliphatic heterocycles. The van der Waals surface area contributed by atoms with Crippen LogP contribution in [0.3, 0.4) is 0 Å². The van der Waals surface area contributed by atoms with Crippen LogP contribution >= 0.6 is 8.03 Å². The van der Waals surface area contributed by atoms with Gasteiger partial charge in [-0.1, -0.05) is 91.0 Å². The quantitative estimate of drug-likeness (QED) is 0.636. The van der Waals surface area contributed by atoms with Gasteiger partial charge in [0.1, 0.15) is 0 Å². The fourth-order valence-electron chi connectivity index (χ4n) is 2.76. The average molecular weight is 336 g/mol. The Morgan fingerprint density at radius 2 is 1.04 bits per heavy atom. The van der Waals surface area contributed by atoms with Gasteiger partial charge in [0, 0.05) is 5.56 Å². The molecule has 2 atom stereocenters. The van der Waals surface area contributed by atoms with Crippen molar-refractivity contribution >= 4 is 8.03 Å². The van der Waals surface area contributed by atoms with Crippen LogP contribution in [0.4, 0.5) is 0 Å². The van der Waals surface area contributed by atoms with E-state index in [0.29, 0.717) is 0 Å². The second-order valence-corrected chi connectivity index (χ2v) is 6.66. The smallest absolute Gasteiger partial charge is 0.256 e. The molecule has 0 spiro atoms. The van der Waals surface area contributed by atoms with Gasteiger partial charge in [-0.05, 0) is 15.7 Å². The summed E-state index contributed by atoms with van der Waals surface area (Å²) in [4.78, 5) is 9.86. The van der Waals surface area contributed by atoms with Gasteiger partial charge in [-0.2, -0.15) is 4.89 Å². The third kappa shape index (κ3) is 3.95. The normalized spacial score (nSPS) is 12.8. The first kappa shape index (κ1) is 16.5. The van der Waals surface area contributed by atoms with Crippen LogP contribution < -0.4 is 5.32 Å². The second kappa shape index (κ2) is 7.98. The summed E-state index contributed by atoms with van der Waals surface area (Å²) < 4.78 is 12.0. The molecule has 0 bridgehead atoms. The molecule has 0 saturated carbocycles. The van der Waals surface area contributed by atoms with Crippen LogP contribution in [0.2, 0.25) is 0 Å². The van der Waals surface area contributed by atoms with Crippen LogP contribution in [0.5, 0.6) is 0 Å². The summed E-state index contributed by atoms with van der Waals surface area (Å²) in [7, 11) is -2.41. The van der Waals surface area contributed by atoms with Gasteiger partial charge in [-0.15, -0.1) is 0 Å². The third-order valence-electron chi connectivity index (χ3n) is 3.93. The summed E-state index contributed by atoms with van der Waals surface area (Å²) in [6.45, 7) is 0. The highest BCUT2D eigenvalue weighted by Crippen LogP contribution is 2.38. The minimum atomic E-state index is -2.41. The number of hydrogen-bond acceptors (Lipinski definition) is 2. The van der Waals surface area contributed by atoms with Crippen molar-refractivity contribution in [2.75, 3.05) is 0 Å². The molecule has 0 radical (unpaired) electrons. The van der Waals surface area contributed by atoms with Crippen molar-refractivity contribution in [2.24, 2.45) is 0 Å². The van der Waals surface area contributed by atoms with Crippen molar-refractivity contribution in [2.45, 2.75) is 11.8 Å². The van der Waals surface area contributed by atoms with E-state index < -0.39 is 13.8 Å². The maximum absolute atomic E-state index is 12.0. The van der Waals surface area contributed by atoms with Crippen molar-refractivity contribution in [3.63, 3.8) is 0 Å². The maximum atomic E-state index is 12.0. The van der Waals surface area contributed by atoms with E-state index in [-0.39, 0.29) is 6.04 Å². The van der Waals surface area contributed by atoms with Crippen LogP contribution in [0.1, 0.15) is 28.5 Å². The molecule has 4 heteroatoms. The minimum Gasteiger partial charge on any atom is -0.256 e. The number of benzene rings is 3. The fourth-order valence-corrected chi connectivity index (χ4v) is 3.46. The van der Waals surface area contributed by atoms with Gasteiger partial charge in [-0.3, -0.25) is 5.32 Å². The number of nitrogens with one attached hydrogen (secondary N) is 1. The Morgan fingerprint density at radius 1 is 0.667 bits per heavy atom. The Labute approximate surface area is 142 Å². The first-order valence-corrected chi connectivity index (χ1v) is 9.10. The molecule has 2 unspecified atom stereocenters. The predicted octanol–water partition coefficient (Wildman–Crippen LogP) is 4.80. The molecule has 0 fully saturated rings. The molecule has 3 nitrogen and oxygen atoms in total. The summed E-state index contributed by atoms with van der Waals surface area (Å²) in [5.41, 5.74) is 2.92. The van der Waals surface area contributed by atoms with Crippen molar-refractivity contribution in [1.29, 1.82) is 0 Å². The van der Waals surface area contributed by atoms with Gasteiger partial charge in [-0.25, -0.2) is 0 Å². The lowest BCUT2D eigenvalue weighted by Gasteiger charge is -2.21. The molecule has 0 heterocycles. The van der Waals surface area contributed by atoms with E-state index in [0.717, 1.165) is 16.7 Å². The third-order valence-corrected chi connectivity index (χ3v) is 4.82. The highest BCUT2D eigenvalue weighted by atomic mass is 31.1. The Bertz CT molecular complexity index is 739. The lowest BCUT2D eigenvalue weighted by molar-refractivity contribution is 0.463. The van der Waals surface area contributed by atoms with Gasteiger partial charge in [0.2, 0.25) is 0 Å². The van der Waals surface area contributed by atoms with Crippen LogP contribution in [-0.2, 0) is 4.57 Å². The van der Waals surface area contributed by atoms with E-state index in [4.69, 9.17) is 0 Å². The SMILES string of the molecule is O=[P+](O)C(NC(c1ccccc1)c1ccccc1)c1ccccc1. The van der Waals surface area contributed by atoms with Crippen molar-refractivity contribution in [3.8, 4) is 0 Å². The molecule has 3 rings (SSSR count). The van der Waals surface area contributed by atoms with E-state index in [1.807, 2.05) is 91.0 Å². The van der Waals surface area contributed by atoms with Crippen molar-refractivity contribution in [3.05, 3.63) is 108 Å². The molecule has 0 amide bonds. The molecule has 3 aromatic carbocycles. The van der Waals surface area contributed by atoms with Crippen LogP contribution in [0.15, 0.2) is 91.0 Å². The molecule has 0 saturated heterocycles. The summed E-state index contributed by atoms with van der Waals surface area (Å²) in [5.74, 6) is -0.633. The lowest BCUT2D eigenvalue weighted by atomic mass is 9.98. The Kier molecular flexibility index (Phi) is 5.50. The Hall–Kier alpha value is -2.32. The monoisotopic (exact) mass is 336 g/mol. The van der Waals surface area contributed by atoms with Gasteiger partial charge in [0.05, 0.1) is 6.04 Å². The molecular weight excluding hydrogens is 317 g/mol. The Morgan fingerprint density at radius 3 is 1.42 bits per heavy atom. The highest BCUT2D eigenvalue weighted by Gasteiger charge is 2.33. The number of rotatable bonds is 6. The zero-order valence-electron chi connectivity index (χ0n) is 13.1. The molecule has 120 valence electrons. The first-order valence-electron chi connectivity index (χ1n) is 7.82. The lowest BCUT2D eigenvalue weighted by Crippen LogP contribution is -2.25. The summed E-state index contributed by atoms with van der Waals surface area (Å²) in [5, 5.41) is 3.37. The van der Waals surface area contributed by atoms with Gasteiger partial charge < -0.3 is 0 Å². The van der Waals surface area contributed by atoms with Gasteiger partial charge >= 0.3 is 8.03 Å². The van der Waals surface area contributed by atoms with Crippen molar-refractivity contribution < 1.29 is 9.46 Å². The second-order valence-electron chi connectivity index (χ2n) is 5.54. The van der Waals surface area contributed by atoms with Gasteiger partial charge in [0.15, 0.2) is 0 Å². The molecule has 0 aromatic heterocycles. The average Bonchev–Trinajstić information content (AvgIpc) is 2.64. The fraction of sp³-hybridized carbons (Fsp3) is 0.100. The van der Waals surface area contributed by atoms with E-state index >= 15 is 0 Å². The molecule has 0 aliphatic carbocycles. The molecule has 2 N–H and O–H groups in total. The largest absolute Gasteiger partial charge is 0.529 e. The zero-order chi connectivity index (χ0) is 16.8. The first-order chi connectivity index (χ1) is 11.8. The van der Waals surface area contributed by atoms with Crippen LogP contribution in [-0.4, -0.2) is 4.89 Å². The summed E-state index contributed by atoms with van der Waals surface area (Å²) in [6, 6.07) is 29.2. The van der Waals surface area contributed by atoms with Crippen LogP contribution in [0, 0.1) is 0 Å². The van der Waals surface area contributed by atoms with Crippen molar-refractivity contribution in [1.82, 2.24) is 5.32 Å². The van der Waals surface area contributed by atoms with E-state index in [1.165, 1.54) is 0 Å². The predicted molar refractivity (Wildman–Crippen MR) is 96.9 cm³/mol. The topological polar surface area (TPSA) is 49.3 Å². The summed E-state index contributed by atoms with van der Waals surface area (Å²) in [6.07, 6.45) is 0. The maximum Gasteiger partial charge on any atom is 0.529 e. The van der Waals surface area contributed by atoms with Crippen LogP contribution in [0.25, 0.3) is 0 Å². The van der Waals surface area contributed by atoms with E-state index in [2.05, 4.69) is 5.32 Å². The number of hydrogen-bond donors (Lipinski definition) is 2. The standard InChI is InChI=1S/C20H18NO2P/c22-24(23)20(18-14-8-3-9-15-18)21-19(16-10-4-1-5-11-16)17-12-6-2-7-13-17/h1-15,19-21H/p+1. The summed E-state index contributed by atoms with van der Waals surface area (Å²) >= 11 is 0. The van der Waals surface area contributed by atoms with E-state index in [1.54, 1.807) is 0 Å². The van der Waals surface area contributed by atoms with Gasteiger partial charge in [0.25, 0.3) is 5.78 Å². The highest BCUT2D eigenvalue weighted by molar-refractivity contribution is 7.38. The molecule has 3 aromatic rings. The molecule has 24 heavy (non-hydrogen) atoms. The molecular formula is C20H19NO2P+. The molecule has 0 aliphatic rings.